The van der Waals surface area contributed by atoms with Crippen LogP contribution in [0, 0.1) is 17.0 Å². The van der Waals surface area contributed by atoms with Crippen molar-refractivity contribution in [2.45, 2.75) is 26.2 Å². The smallest absolute Gasteiger partial charge is 0.178 e. The van der Waals surface area contributed by atoms with Crippen molar-refractivity contribution in [1.82, 2.24) is 4.98 Å². The second-order valence-electron chi connectivity index (χ2n) is 4.50. The standard InChI is InChI=1S/C11H16F2N4/c1-2-11(3-4-11)6-15-9-7(12)5-8(13)10(16-9)17-14/h5H,2-4,6,14H2,1H3,(H2,15,16,17). The molecule has 94 valence electrons. The van der Waals surface area contributed by atoms with Crippen molar-refractivity contribution in [1.29, 1.82) is 0 Å². The van der Waals surface area contributed by atoms with Crippen LogP contribution in [0.3, 0.4) is 0 Å². The van der Waals surface area contributed by atoms with Crippen LogP contribution in [0.4, 0.5) is 20.4 Å². The van der Waals surface area contributed by atoms with Crippen LogP contribution in [0.2, 0.25) is 0 Å². The molecule has 1 heterocycles. The molecular formula is C11H16F2N4. The molecule has 0 atom stereocenters. The fourth-order valence-electron chi connectivity index (χ4n) is 1.80. The third-order valence-electron chi connectivity index (χ3n) is 3.40. The Labute approximate surface area is 98.6 Å². The molecule has 1 aromatic rings. The zero-order valence-corrected chi connectivity index (χ0v) is 9.69. The molecule has 1 aliphatic carbocycles. The van der Waals surface area contributed by atoms with Gasteiger partial charge < -0.3 is 10.7 Å². The van der Waals surface area contributed by atoms with E-state index in [2.05, 4.69) is 22.7 Å². The van der Waals surface area contributed by atoms with Gasteiger partial charge in [0, 0.05) is 12.6 Å². The monoisotopic (exact) mass is 242 g/mol. The van der Waals surface area contributed by atoms with E-state index in [1.165, 1.54) is 0 Å². The lowest BCUT2D eigenvalue weighted by Gasteiger charge is -2.15. The highest BCUT2D eigenvalue weighted by Gasteiger charge is 2.40. The summed E-state index contributed by atoms with van der Waals surface area (Å²) in [4.78, 5) is 3.76. The Morgan fingerprint density at radius 2 is 2.00 bits per heavy atom. The Morgan fingerprint density at radius 1 is 1.35 bits per heavy atom. The number of pyridine rings is 1. The van der Waals surface area contributed by atoms with E-state index in [4.69, 9.17) is 5.84 Å². The first-order chi connectivity index (χ1) is 8.10. The molecule has 0 radical (unpaired) electrons. The summed E-state index contributed by atoms with van der Waals surface area (Å²) < 4.78 is 26.5. The minimum absolute atomic E-state index is 0.0408. The number of halogens is 2. The van der Waals surface area contributed by atoms with E-state index in [1.807, 2.05) is 0 Å². The van der Waals surface area contributed by atoms with Crippen LogP contribution in [0.1, 0.15) is 26.2 Å². The van der Waals surface area contributed by atoms with Gasteiger partial charge >= 0.3 is 0 Å². The number of nitrogens with one attached hydrogen (secondary N) is 2. The zero-order chi connectivity index (χ0) is 12.5. The highest BCUT2D eigenvalue weighted by molar-refractivity contribution is 5.47. The van der Waals surface area contributed by atoms with Gasteiger partial charge in [0.05, 0.1) is 0 Å². The van der Waals surface area contributed by atoms with Crippen molar-refractivity contribution in [2.24, 2.45) is 11.3 Å². The largest absolute Gasteiger partial charge is 0.367 e. The molecule has 0 unspecified atom stereocenters. The summed E-state index contributed by atoms with van der Waals surface area (Å²) in [5, 5.41) is 2.92. The number of hydrogen-bond acceptors (Lipinski definition) is 4. The van der Waals surface area contributed by atoms with Gasteiger partial charge in [-0.1, -0.05) is 6.92 Å². The maximum Gasteiger partial charge on any atom is 0.178 e. The topological polar surface area (TPSA) is 63.0 Å². The van der Waals surface area contributed by atoms with Gasteiger partial charge in [0.1, 0.15) is 0 Å². The van der Waals surface area contributed by atoms with E-state index >= 15 is 0 Å². The fourth-order valence-corrected chi connectivity index (χ4v) is 1.80. The van der Waals surface area contributed by atoms with Crippen LogP contribution in [0.5, 0.6) is 0 Å². The van der Waals surface area contributed by atoms with Crippen LogP contribution in [-0.4, -0.2) is 11.5 Å². The quantitative estimate of drug-likeness (QED) is 0.547. The second kappa shape index (κ2) is 4.44. The summed E-state index contributed by atoms with van der Waals surface area (Å²) in [5.41, 5.74) is 2.36. The van der Waals surface area contributed by atoms with E-state index in [1.54, 1.807) is 0 Å². The molecule has 0 aromatic carbocycles. The zero-order valence-electron chi connectivity index (χ0n) is 9.69. The molecule has 6 heteroatoms. The maximum absolute atomic E-state index is 13.4. The van der Waals surface area contributed by atoms with Crippen molar-refractivity contribution >= 4 is 11.6 Å². The molecule has 0 amide bonds. The first-order valence-electron chi connectivity index (χ1n) is 5.67. The number of hydrogen-bond donors (Lipinski definition) is 3. The lowest BCUT2D eigenvalue weighted by atomic mass is 10.0. The molecule has 0 aliphatic heterocycles. The normalized spacial score (nSPS) is 16.7. The van der Waals surface area contributed by atoms with Gasteiger partial charge in [-0.15, -0.1) is 0 Å². The number of nitrogens with two attached hydrogens (primary N) is 1. The minimum atomic E-state index is -0.799. The molecule has 1 aromatic heterocycles. The third kappa shape index (κ3) is 2.46. The summed E-state index contributed by atoms with van der Waals surface area (Å²) in [5.74, 6) is 3.47. The van der Waals surface area contributed by atoms with Crippen molar-refractivity contribution in [3.05, 3.63) is 17.7 Å². The lowest BCUT2D eigenvalue weighted by molar-refractivity contribution is 0.516. The number of rotatable bonds is 5. The number of nitrogen functional groups attached to an aromatic ring is 1. The summed E-state index contributed by atoms with van der Waals surface area (Å²) in [6.45, 7) is 2.76. The van der Waals surface area contributed by atoms with Crippen LogP contribution in [-0.2, 0) is 0 Å². The average molecular weight is 242 g/mol. The Bertz CT molecular complexity index is 418. The summed E-state index contributed by atoms with van der Waals surface area (Å²) >= 11 is 0. The molecule has 4 nitrogen and oxygen atoms in total. The third-order valence-corrected chi connectivity index (χ3v) is 3.40. The molecule has 1 aliphatic rings. The van der Waals surface area contributed by atoms with Crippen LogP contribution in [0.25, 0.3) is 0 Å². The Morgan fingerprint density at radius 3 is 2.53 bits per heavy atom. The number of aromatic nitrogens is 1. The molecule has 1 fully saturated rings. The van der Waals surface area contributed by atoms with Gasteiger partial charge in [-0.25, -0.2) is 19.6 Å². The Hall–Kier alpha value is -1.43. The average Bonchev–Trinajstić information content (AvgIpc) is 3.09. The van der Waals surface area contributed by atoms with Crippen LogP contribution >= 0.6 is 0 Å². The van der Waals surface area contributed by atoms with Gasteiger partial charge in [0.2, 0.25) is 0 Å². The van der Waals surface area contributed by atoms with Gasteiger partial charge in [0.25, 0.3) is 0 Å². The maximum atomic E-state index is 13.4. The molecule has 0 saturated heterocycles. The first kappa shape index (κ1) is 12.0. The van der Waals surface area contributed by atoms with E-state index < -0.39 is 11.6 Å². The van der Waals surface area contributed by atoms with Crippen molar-refractivity contribution in [3.8, 4) is 0 Å². The molecule has 0 bridgehead atoms. The number of hydrazine groups is 1. The number of anilines is 2. The van der Waals surface area contributed by atoms with Gasteiger partial charge in [-0.3, -0.25) is 0 Å². The van der Waals surface area contributed by atoms with Gasteiger partial charge in [-0.05, 0) is 24.7 Å². The van der Waals surface area contributed by atoms with Crippen molar-refractivity contribution in [2.75, 3.05) is 17.3 Å². The van der Waals surface area contributed by atoms with Gasteiger partial charge in [-0.2, -0.15) is 0 Å². The van der Waals surface area contributed by atoms with Crippen molar-refractivity contribution in [3.63, 3.8) is 0 Å². The Balaban J connectivity index is 2.10. The van der Waals surface area contributed by atoms with E-state index in [9.17, 15) is 8.78 Å². The summed E-state index contributed by atoms with van der Waals surface area (Å²) in [7, 11) is 0. The molecule has 0 spiro atoms. The summed E-state index contributed by atoms with van der Waals surface area (Å²) in [6.07, 6.45) is 3.33. The van der Waals surface area contributed by atoms with E-state index in [0.29, 0.717) is 6.54 Å². The summed E-state index contributed by atoms with van der Waals surface area (Å²) in [6, 6.07) is 0.774. The predicted molar refractivity (Wildman–Crippen MR) is 62.4 cm³/mol. The highest BCUT2D eigenvalue weighted by atomic mass is 19.1. The minimum Gasteiger partial charge on any atom is -0.367 e. The highest BCUT2D eigenvalue weighted by Crippen LogP contribution is 2.48. The predicted octanol–water partition coefficient (Wildman–Crippen LogP) is 2.25. The second-order valence-corrected chi connectivity index (χ2v) is 4.50. The Kier molecular flexibility index (Phi) is 3.15. The van der Waals surface area contributed by atoms with Crippen LogP contribution in [0.15, 0.2) is 6.07 Å². The fraction of sp³-hybridized carbons (Fsp3) is 0.545. The van der Waals surface area contributed by atoms with Crippen molar-refractivity contribution < 1.29 is 8.78 Å². The number of nitrogens with zero attached hydrogens (tertiary/aromatic N) is 1. The van der Waals surface area contributed by atoms with E-state index in [-0.39, 0.29) is 17.1 Å². The lowest BCUT2D eigenvalue weighted by Crippen LogP contribution is -2.18. The first-order valence-corrected chi connectivity index (χ1v) is 5.67. The molecule has 1 saturated carbocycles. The van der Waals surface area contributed by atoms with E-state index in [0.717, 1.165) is 25.3 Å². The molecule has 2 rings (SSSR count). The molecule has 17 heavy (non-hydrogen) atoms. The van der Waals surface area contributed by atoms with Gasteiger partial charge in [0.15, 0.2) is 23.3 Å². The van der Waals surface area contributed by atoms with Crippen LogP contribution < -0.4 is 16.6 Å². The molecular weight excluding hydrogens is 226 g/mol. The molecule has 4 N–H and O–H groups in total. The SMILES string of the molecule is CCC1(CNc2nc(NN)c(F)cc2F)CC1.